The molecular weight excluding hydrogens is 332 g/mol. The van der Waals surface area contributed by atoms with Gasteiger partial charge < -0.3 is 9.72 Å². The van der Waals surface area contributed by atoms with Crippen molar-refractivity contribution in [2.24, 2.45) is 0 Å². The fourth-order valence-electron chi connectivity index (χ4n) is 2.62. The summed E-state index contributed by atoms with van der Waals surface area (Å²) in [5.41, 5.74) is 3.34. The minimum Gasteiger partial charge on any atom is -0.487 e. The molecule has 0 bridgehead atoms. The van der Waals surface area contributed by atoms with Crippen LogP contribution in [-0.2, 0) is 0 Å². The van der Waals surface area contributed by atoms with E-state index < -0.39 is 4.92 Å². The van der Waals surface area contributed by atoms with Crippen LogP contribution < -0.4 is 4.74 Å². The number of nitriles is 1. The number of nitrogens with one attached hydrogen (secondary N) is 1. The Balaban J connectivity index is 2.04. The summed E-state index contributed by atoms with van der Waals surface area (Å²) in [7, 11) is 0. The third-order valence-electron chi connectivity index (χ3n) is 3.80. The number of H-pyrrole nitrogens is 1. The second-order valence-electron chi connectivity index (χ2n) is 5.69. The number of rotatable bonds is 5. The van der Waals surface area contributed by atoms with Crippen molar-refractivity contribution < 1.29 is 9.66 Å². The van der Waals surface area contributed by atoms with Crippen molar-refractivity contribution in [3.05, 3.63) is 63.5 Å². The Hall–Kier alpha value is -3.66. The molecule has 26 heavy (non-hydrogen) atoms. The molecule has 2 aromatic carbocycles. The zero-order valence-electron chi connectivity index (χ0n) is 14.3. The second-order valence-corrected chi connectivity index (χ2v) is 5.69. The molecule has 0 saturated heterocycles. The molecule has 0 fully saturated rings. The molecule has 0 spiro atoms. The Kier molecular flexibility index (Phi) is 4.67. The van der Waals surface area contributed by atoms with Gasteiger partial charge in [-0.2, -0.15) is 5.26 Å². The molecule has 0 atom stereocenters. The van der Waals surface area contributed by atoms with Crippen molar-refractivity contribution in [3.63, 3.8) is 0 Å². The van der Waals surface area contributed by atoms with Crippen LogP contribution in [0.4, 0.5) is 5.69 Å². The lowest BCUT2D eigenvalue weighted by Crippen LogP contribution is -1.97. The van der Waals surface area contributed by atoms with E-state index in [0.717, 1.165) is 16.6 Å². The Labute approximate surface area is 149 Å². The Morgan fingerprint density at radius 2 is 2.19 bits per heavy atom. The van der Waals surface area contributed by atoms with Gasteiger partial charge in [0.2, 0.25) is 0 Å². The largest absolute Gasteiger partial charge is 0.487 e. The number of hydrogen-bond acceptors (Lipinski definition) is 5. The average Bonchev–Trinajstić information content (AvgIpc) is 3.03. The van der Waals surface area contributed by atoms with E-state index in [2.05, 4.69) is 16.0 Å². The predicted octanol–water partition coefficient (Wildman–Crippen LogP) is 4.24. The lowest BCUT2D eigenvalue weighted by molar-refractivity contribution is -0.385. The van der Waals surface area contributed by atoms with Crippen molar-refractivity contribution in [2.75, 3.05) is 6.61 Å². The van der Waals surface area contributed by atoms with Crippen molar-refractivity contribution >= 4 is 28.4 Å². The maximum atomic E-state index is 11.2. The number of nitrogens with zero attached hydrogens (tertiary/aromatic N) is 3. The molecule has 1 N–H and O–H groups in total. The van der Waals surface area contributed by atoms with Gasteiger partial charge in [0.05, 0.1) is 28.1 Å². The summed E-state index contributed by atoms with van der Waals surface area (Å²) in [4.78, 5) is 18.3. The van der Waals surface area contributed by atoms with Crippen LogP contribution in [0.5, 0.6) is 5.75 Å². The summed E-state index contributed by atoms with van der Waals surface area (Å²) < 4.78 is 5.27. The highest BCUT2D eigenvalue weighted by Gasteiger charge is 2.16. The number of allylic oxidation sites excluding steroid dienone is 1. The zero-order valence-corrected chi connectivity index (χ0v) is 14.3. The number of ether oxygens (including phenoxy) is 1. The summed E-state index contributed by atoms with van der Waals surface area (Å²) in [5, 5.41) is 20.7. The smallest absolute Gasteiger partial charge is 0.311 e. The van der Waals surface area contributed by atoms with E-state index >= 15 is 0 Å². The molecule has 1 aromatic heterocycles. The van der Waals surface area contributed by atoms with E-state index in [4.69, 9.17) is 4.74 Å². The Morgan fingerprint density at radius 1 is 1.38 bits per heavy atom. The van der Waals surface area contributed by atoms with E-state index in [1.54, 1.807) is 19.1 Å². The van der Waals surface area contributed by atoms with Crippen LogP contribution in [0.1, 0.15) is 23.9 Å². The molecule has 0 unspecified atom stereocenters. The highest BCUT2D eigenvalue weighted by molar-refractivity contribution is 5.90. The third-order valence-corrected chi connectivity index (χ3v) is 3.80. The fraction of sp³-hybridized carbons (Fsp3) is 0.158. The molecule has 7 heteroatoms. The van der Waals surface area contributed by atoms with Gasteiger partial charge in [-0.25, -0.2) is 4.98 Å². The minimum absolute atomic E-state index is 0.141. The lowest BCUT2D eigenvalue weighted by atomic mass is 10.1. The Morgan fingerprint density at radius 3 is 2.88 bits per heavy atom. The van der Waals surface area contributed by atoms with E-state index in [0.29, 0.717) is 18.0 Å². The van der Waals surface area contributed by atoms with Crippen LogP contribution in [0.3, 0.4) is 0 Å². The molecule has 130 valence electrons. The first-order chi connectivity index (χ1) is 12.5. The maximum Gasteiger partial charge on any atom is 0.311 e. The van der Waals surface area contributed by atoms with Crippen molar-refractivity contribution in [1.82, 2.24) is 9.97 Å². The summed E-state index contributed by atoms with van der Waals surface area (Å²) >= 11 is 0. The maximum absolute atomic E-state index is 11.2. The number of aromatic nitrogens is 2. The molecule has 3 aromatic rings. The summed E-state index contributed by atoms with van der Waals surface area (Å²) in [6, 6.07) is 12.4. The number of imidazole rings is 1. The standard InChI is InChI=1S/C19H16N4O3/c1-3-26-18-7-5-13(10-17(18)23(24)25)9-14(11-20)19-21-15-6-4-12(2)8-16(15)22-19/h4-10H,3H2,1-2H3,(H,21,22)/b14-9-. The molecular formula is C19H16N4O3. The van der Waals surface area contributed by atoms with E-state index in [9.17, 15) is 15.4 Å². The average molecular weight is 348 g/mol. The molecule has 0 aliphatic heterocycles. The highest BCUT2D eigenvalue weighted by atomic mass is 16.6. The zero-order chi connectivity index (χ0) is 18.7. The Bertz CT molecular complexity index is 1060. The molecule has 1 heterocycles. The molecule has 0 aliphatic rings. The normalized spacial score (nSPS) is 11.3. The van der Waals surface area contributed by atoms with Gasteiger partial charge in [0, 0.05) is 6.07 Å². The van der Waals surface area contributed by atoms with Crippen LogP contribution in [0.25, 0.3) is 22.7 Å². The molecule has 7 nitrogen and oxygen atoms in total. The third kappa shape index (κ3) is 3.39. The van der Waals surface area contributed by atoms with Crippen LogP contribution in [-0.4, -0.2) is 21.5 Å². The van der Waals surface area contributed by atoms with Gasteiger partial charge in [0.1, 0.15) is 11.9 Å². The predicted molar refractivity (Wildman–Crippen MR) is 98.6 cm³/mol. The quantitative estimate of drug-likeness (QED) is 0.422. The number of aromatic amines is 1. The van der Waals surface area contributed by atoms with Crippen LogP contribution >= 0.6 is 0 Å². The topological polar surface area (TPSA) is 105 Å². The first-order valence-electron chi connectivity index (χ1n) is 8.01. The first kappa shape index (κ1) is 17.2. The van der Waals surface area contributed by atoms with Gasteiger partial charge in [-0.1, -0.05) is 12.1 Å². The first-order valence-corrected chi connectivity index (χ1v) is 8.01. The van der Waals surface area contributed by atoms with Crippen molar-refractivity contribution in [3.8, 4) is 11.8 Å². The van der Waals surface area contributed by atoms with Crippen LogP contribution in [0, 0.1) is 28.4 Å². The molecule has 0 aliphatic carbocycles. The monoisotopic (exact) mass is 348 g/mol. The van der Waals surface area contributed by atoms with E-state index in [1.807, 2.05) is 25.1 Å². The molecule has 0 radical (unpaired) electrons. The summed E-state index contributed by atoms with van der Waals surface area (Å²) in [6.45, 7) is 4.06. The van der Waals surface area contributed by atoms with Gasteiger partial charge in [-0.3, -0.25) is 10.1 Å². The van der Waals surface area contributed by atoms with Crippen LogP contribution in [0.2, 0.25) is 0 Å². The second kappa shape index (κ2) is 7.07. The molecule has 3 rings (SSSR count). The summed E-state index contributed by atoms with van der Waals surface area (Å²) in [6.07, 6.45) is 1.56. The van der Waals surface area contributed by atoms with Crippen LogP contribution in [0.15, 0.2) is 36.4 Å². The fourth-order valence-corrected chi connectivity index (χ4v) is 2.62. The van der Waals surface area contributed by atoms with E-state index in [1.165, 1.54) is 12.1 Å². The SMILES string of the molecule is CCOc1ccc(/C=C(/C#N)c2nc3ccc(C)cc3[nH]2)cc1[N+](=O)[O-]. The number of aryl methyl sites for hydroxylation is 1. The molecule has 0 amide bonds. The number of hydrogen-bond donors (Lipinski definition) is 1. The minimum atomic E-state index is -0.502. The van der Waals surface area contributed by atoms with Gasteiger partial charge in [0.25, 0.3) is 0 Å². The van der Waals surface area contributed by atoms with E-state index in [-0.39, 0.29) is 17.0 Å². The van der Waals surface area contributed by atoms with Crippen molar-refractivity contribution in [1.29, 1.82) is 5.26 Å². The molecule has 0 saturated carbocycles. The number of fused-ring (bicyclic) bond motifs is 1. The van der Waals surface area contributed by atoms with Gasteiger partial charge in [-0.05, 0) is 49.2 Å². The summed E-state index contributed by atoms with van der Waals surface area (Å²) in [5.74, 6) is 0.622. The van der Waals surface area contributed by atoms with Gasteiger partial charge in [-0.15, -0.1) is 0 Å². The van der Waals surface area contributed by atoms with Crippen molar-refractivity contribution in [2.45, 2.75) is 13.8 Å². The number of benzene rings is 2. The number of nitro benzene ring substituents is 1. The van der Waals surface area contributed by atoms with Gasteiger partial charge in [0.15, 0.2) is 5.75 Å². The highest BCUT2D eigenvalue weighted by Crippen LogP contribution is 2.29. The number of nitro groups is 1. The lowest BCUT2D eigenvalue weighted by Gasteiger charge is -2.04. The van der Waals surface area contributed by atoms with Gasteiger partial charge >= 0.3 is 5.69 Å².